The van der Waals surface area contributed by atoms with Gasteiger partial charge in [-0.15, -0.1) is 11.3 Å². The molecule has 1 saturated heterocycles. The Hall–Kier alpha value is -0.780. The molecular formula is C17H26ClN3OS. The van der Waals surface area contributed by atoms with Crippen molar-refractivity contribution in [2.75, 3.05) is 26.2 Å². The fraction of sp³-hybridized carbons (Fsp3) is 0.706. The summed E-state index contributed by atoms with van der Waals surface area (Å²) in [6.07, 6.45) is 4.92. The number of amides is 2. The number of thiophene rings is 1. The number of nitrogens with one attached hydrogen (secondary N) is 1. The number of hydrogen-bond donors (Lipinski definition) is 1. The number of hydrogen-bond acceptors (Lipinski definition) is 3. The van der Waals surface area contributed by atoms with Gasteiger partial charge >= 0.3 is 6.03 Å². The van der Waals surface area contributed by atoms with E-state index in [1.165, 1.54) is 24.1 Å². The van der Waals surface area contributed by atoms with Gasteiger partial charge in [0, 0.05) is 43.6 Å². The summed E-state index contributed by atoms with van der Waals surface area (Å²) < 4.78 is 0.847. The Morgan fingerprint density at radius 1 is 1.26 bits per heavy atom. The predicted molar refractivity (Wildman–Crippen MR) is 96.1 cm³/mol. The second-order valence-corrected chi connectivity index (χ2v) is 8.59. The molecule has 0 aromatic carbocycles. The number of carbonyl (C=O) groups is 1. The Morgan fingerprint density at radius 3 is 2.65 bits per heavy atom. The van der Waals surface area contributed by atoms with Gasteiger partial charge < -0.3 is 10.2 Å². The van der Waals surface area contributed by atoms with Crippen LogP contribution in [0.4, 0.5) is 4.79 Å². The SMILES string of the molecule is CC1CCCCC1NC(=O)N1CCN(Cc2ccc(Cl)s2)CC1. The summed E-state index contributed by atoms with van der Waals surface area (Å²) >= 11 is 7.63. The predicted octanol–water partition coefficient (Wildman–Crippen LogP) is 3.81. The molecule has 6 heteroatoms. The third-order valence-electron chi connectivity index (χ3n) is 5.09. The molecule has 1 aliphatic carbocycles. The van der Waals surface area contributed by atoms with E-state index in [9.17, 15) is 4.79 Å². The molecule has 1 saturated carbocycles. The standard InChI is InChI=1S/C17H26ClN3OS/c1-13-4-2-3-5-15(13)19-17(22)21-10-8-20(9-11-21)12-14-6-7-16(18)23-14/h6-7,13,15H,2-5,8-12H2,1H3,(H,19,22). The molecule has 128 valence electrons. The third-order valence-corrected chi connectivity index (χ3v) is 6.30. The lowest BCUT2D eigenvalue weighted by Crippen LogP contribution is -2.54. The molecule has 0 spiro atoms. The average Bonchev–Trinajstić information content (AvgIpc) is 2.95. The van der Waals surface area contributed by atoms with Crippen LogP contribution in [0, 0.1) is 5.92 Å². The van der Waals surface area contributed by atoms with Gasteiger partial charge in [0.15, 0.2) is 0 Å². The van der Waals surface area contributed by atoms with Gasteiger partial charge in [-0.05, 0) is 30.9 Å². The number of rotatable bonds is 3. The van der Waals surface area contributed by atoms with E-state index in [4.69, 9.17) is 11.6 Å². The molecule has 0 bridgehead atoms. The summed E-state index contributed by atoms with van der Waals surface area (Å²) in [5.74, 6) is 0.609. The highest BCUT2D eigenvalue weighted by molar-refractivity contribution is 7.16. The molecular weight excluding hydrogens is 330 g/mol. The highest BCUT2D eigenvalue weighted by Gasteiger charge is 2.27. The maximum atomic E-state index is 12.5. The van der Waals surface area contributed by atoms with E-state index in [0.29, 0.717) is 12.0 Å². The summed E-state index contributed by atoms with van der Waals surface area (Å²) in [5.41, 5.74) is 0. The van der Waals surface area contributed by atoms with E-state index in [2.05, 4.69) is 23.2 Å². The van der Waals surface area contributed by atoms with Crippen LogP contribution in [0.1, 0.15) is 37.5 Å². The van der Waals surface area contributed by atoms with Gasteiger partial charge in [-0.1, -0.05) is 31.4 Å². The van der Waals surface area contributed by atoms with Crippen molar-refractivity contribution in [3.63, 3.8) is 0 Å². The van der Waals surface area contributed by atoms with Crippen LogP contribution in [0.25, 0.3) is 0 Å². The van der Waals surface area contributed by atoms with Crippen molar-refractivity contribution in [1.29, 1.82) is 0 Å². The van der Waals surface area contributed by atoms with Gasteiger partial charge in [0.1, 0.15) is 0 Å². The van der Waals surface area contributed by atoms with Crippen molar-refractivity contribution in [1.82, 2.24) is 15.1 Å². The summed E-state index contributed by atoms with van der Waals surface area (Å²) in [6, 6.07) is 4.54. The van der Waals surface area contributed by atoms with Crippen LogP contribution in [0.2, 0.25) is 4.34 Å². The first-order valence-corrected chi connectivity index (χ1v) is 9.83. The molecule has 1 aromatic heterocycles. The Morgan fingerprint density at radius 2 is 2.00 bits per heavy atom. The molecule has 3 rings (SSSR count). The largest absolute Gasteiger partial charge is 0.335 e. The van der Waals surface area contributed by atoms with Gasteiger partial charge in [-0.2, -0.15) is 0 Å². The Kier molecular flexibility index (Phi) is 5.83. The number of urea groups is 1. The zero-order valence-electron chi connectivity index (χ0n) is 13.8. The van der Waals surface area contributed by atoms with Gasteiger partial charge in [-0.3, -0.25) is 4.90 Å². The molecule has 4 nitrogen and oxygen atoms in total. The van der Waals surface area contributed by atoms with Crippen molar-refractivity contribution in [2.45, 2.75) is 45.2 Å². The Labute approximate surface area is 147 Å². The summed E-state index contributed by atoms with van der Waals surface area (Å²) in [4.78, 5) is 18.1. The normalized spacial score (nSPS) is 26.3. The molecule has 0 radical (unpaired) electrons. The van der Waals surface area contributed by atoms with E-state index in [0.717, 1.165) is 43.5 Å². The molecule has 1 N–H and O–H groups in total. The monoisotopic (exact) mass is 355 g/mol. The third kappa shape index (κ3) is 4.61. The molecule has 2 aliphatic rings. The Balaban J connectivity index is 1.43. The molecule has 2 heterocycles. The zero-order valence-corrected chi connectivity index (χ0v) is 15.3. The minimum absolute atomic E-state index is 0.127. The van der Waals surface area contributed by atoms with E-state index < -0.39 is 0 Å². The minimum Gasteiger partial charge on any atom is -0.335 e. The molecule has 1 aromatic rings. The topological polar surface area (TPSA) is 35.6 Å². The first-order chi connectivity index (χ1) is 11.1. The van der Waals surface area contributed by atoms with Crippen LogP contribution in [-0.2, 0) is 6.54 Å². The van der Waals surface area contributed by atoms with E-state index in [-0.39, 0.29) is 6.03 Å². The lowest BCUT2D eigenvalue weighted by atomic mass is 9.86. The van der Waals surface area contributed by atoms with E-state index in [1.54, 1.807) is 11.3 Å². The minimum atomic E-state index is 0.127. The number of nitrogens with zero attached hydrogens (tertiary/aromatic N) is 2. The fourth-order valence-corrected chi connectivity index (χ4v) is 4.68. The fourth-order valence-electron chi connectivity index (χ4n) is 3.55. The van der Waals surface area contributed by atoms with Crippen LogP contribution in [0.3, 0.4) is 0 Å². The first-order valence-electron chi connectivity index (χ1n) is 8.64. The molecule has 2 fully saturated rings. The quantitative estimate of drug-likeness (QED) is 0.894. The van der Waals surface area contributed by atoms with Crippen LogP contribution in [0.5, 0.6) is 0 Å². The lowest BCUT2D eigenvalue weighted by molar-refractivity contribution is 0.129. The Bertz CT molecular complexity index is 528. The van der Waals surface area contributed by atoms with Crippen molar-refractivity contribution >= 4 is 29.0 Å². The highest BCUT2D eigenvalue weighted by Crippen LogP contribution is 2.24. The summed E-state index contributed by atoms with van der Waals surface area (Å²) in [7, 11) is 0. The van der Waals surface area contributed by atoms with Gasteiger partial charge in [-0.25, -0.2) is 4.79 Å². The van der Waals surface area contributed by atoms with Gasteiger partial charge in [0.25, 0.3) is 0 Å². The first kappa shape index (κ1) is 17.1. The second kappa shape index (κ2) is 7.86. The molecule has 2 amide bonds. The second-order valence-electron chi connectivity index (χ2n) is 6.79. The molecule has 2 atom stereocenters. The highest BCUT2D eigenvalue weighted by atomic mass is 35.5. The number of piperazine rings is 1. The van der Waals surface area contributed by atoms with E-state index >= 15 is 0 Å². The van der Waals surface area contributed by atoms with Crippen molar-refractivity contribution in [3.05, 3.63) is 21.3 Å². The molecule has 2 unspecified atom stereocenters. The van der Waals surface area contributed by atoms with Crippen LogP contribution < -0.4 is 5.32 Å². The van der Waals surface area contributed by atoms with Crippen molar-refractivity contribution < 1.29 is 4.79 Å². The average molecular weight is 356 g/mol. The van der Waals surface area contributed by atoms with Crippen LogP contribution in [0.15, 0.2) is 12.1 Å². The summed E-state index contributed by atoms with van der Waals surface area (Å²) in [5, 5.41) is 3.26. The molecule has 1 aliphatic heterocycles. The summed E-state index contributed by atoms with van der Waals surface area (Å²) in [6.45, 7) is 6.69. The van der Waals surface area contributed by atoms with Crippen molar-refractivity contribution in [3.8, 4) is 0 Å². The maximum Gasteiger partial charge on any atom is 0.317 e. The van der Waals surface area contributed by atoms with Gasteiger partial charge in [0.05, 0.1) is 4.34 Å². The molecule has 23 heavy (non-hydrogen) atoms. The maximum absolute atomic E-state index is 12.5. The van der Waals surface area contributed by atoms with Crippen molar-refractivity contribution in [2.24, 2.45) is 5.92 Å². The lowest BCUT2D eigenvalue weighted by Gasteiger charge is -2.37. The zero-order chi connectivity index (χ0) is 16.2. The number of carbonyl (C=O) groups excluding carboxylic acids is 1. The van der Waals surface area contributed by atoms with Crippen LogP contribution >= 0.6 is 22.9 Å². The van der Waals surface area contributed by atoms with Gasteiger partial charge in [0.2, 0.25) is 0 Å². The van der Waals surface area contributed by atoms with E-state index in [1.807, 2.05) is 11.0 Å². The van der Waals surface area contributed by atoms with Crippen LogP contribution in [-0.4, -0.2) is 48.1 Å². The smallest absolute Gasteiger partial charge is 0.317 e. The number of halogens is 1.